The minimum Gasteiger partial charge on any atom is -0.459 e. The lowest BCUT2D eigenvalue weighted by Crippen LogP contribution is -2.12. The molecule has 0 heterocycles. The molecule has 0 aliphatic heterocycles. The van der Waals surface area contributed by atoms with Gasteiger partial charge in [-0.1, -0.05) is 0 Å². The van der Waals surface area contributed by atoms with Crippen molar-refractivity contribution in [2.24, 2.45) is 0 Å². The number of benzene rings is 1. The van der Waals surface area contributed by atoms with Crippen LogP contribution in [-0.2, 0) is 4.74 Å². The Labute approximate surface area is 101 Å². The number of hydrogen-bond acceptors (Lipinski definition) is 4. The molecule has 5 nitrogen and oxygen atoms in total. The first-order chi connectivity index (χ1) is 7.41. The predicted octanol–water partition coefficient (Wildman–Crippen LogP) is 2.92. The third-order valence-corrected chi connectivity index (χ3v) is 2.41. The largest absolute Gasteiger partial charge is 0.459 e. The van der Waals surface area contributed by atoms with Crippen LogP contribution in [0, 0.1) is 10.1 Å². The molecule has 1 aromatic carbocycles. The zero-order valence-corrected chi connectivity index (χ0v) is 10.4. The third kappa shape index (κ3) is 3.03. The first-order valence-corrected chi connectivity index (χ1v) is 5.36. The van der Waals surface area contributed by atoms with Crippen LogP contribution in [0.4, 0.5) is 5.69 Å². The maximum Gasteiger partial charge on any atom is 0.339 e. The van der Waals surface area contributed by atoms with E-state index in [0.29, 0.717) is 4.47 Å². The molecule has 1 rings (SSSR count). The van der Waals surface area contributed by atoms with Crippen molar-refractivity contribution in [2.45, 2.75) is 20.0 Å². The monoisotopic (exact) mass is 287 g/mol. The van der Waals surface area contributed by atoms with Crippen LogP contribution in [0.15, 0.2) is 22.7 Å². The molecule has 0 radical (unpaired) electrons. The molecule has 0 bridgehead atoms. The van der Waals surface area contributed by atoms with E-state index in [4.69, 9.17) is 4.74 Å². The second kappa shape index (κ2) is 5.07. The molecule has 0 atom stereocenters. The van der Waals surface area contributed by atoms with Gasteiger partial charge in [0, 0.05) is 16.6 Å². The number of nitro groups is 1. The summed E-state index contributed by atoms with van der Waals surface area (Å²) in [5, 5.41) is 10.5. The van der Waals surface area contributed by atoms with Crippen LogP contribution >= 0.6 is 15.9 Å². The molecule has 0 spiro atoms. The Morgan fingerprint density at radius 3 is 2.62 bits per heavy atom. The molecule has 0 saturated carbocycles. The SMILES string of the molecule is CC(C)OC(=O)c1cc([N+](=O)[O-])ccc1Br. The highest BCUT2D eigenvalue weighted by molar-refractivity contribution is 9.10. The van der Waals surface area contributed by atoms with E-state index in [2.05, 4.69) is 15.9 Å². The van der Waals surface area contributed by atoms with Gasteiger partial charge in [-0.25, -0.2) is 4.79 Å². The van der Waals surface area contributed by atoms with E-state index in [1.54, 1.807) is 13.8 Å². The number of rotatable bonds is 3. The highest BCUT2D eigenvalue weighted by Crippen LogP contribution is 2.23. The van der Waals surface area contributed by atoms with Gasteiger partial charge in [0.25, 0.3) is 5.69 Å². The van der Waals surface area contributed by atoms with E-state index in [0.717, 1.165) is 0 Å². The lowest BCUT2D eigenvalue weighted by Gasteiger charge is -2.08. The summed E-state index contributed by atoms with van der Waals surface area (Å²) in [6.07, 6.45) is -0.265. The summed E-state index contributed by atoms with van der Waals surface area (Å²) >= 11 is 3.15. The van der Waals surface area contributed by atoms with Crippen molar-refractivity contribution in [2.75, 3.05) is 0 Å². The number of halogens is 1. The Morgan fingerprint density at radius 2 is 2.12 bits per heavy atom. The highest BCUT2D eigenvalue weighted by Gasteiger charge is 2.17. The predicted molar refractivity (Wildman–Crippen MR) is 61.3 cm³/mol. The van der Waals surface area contributed by atoms with Crippen LogP contribution in [0.5, 0.6) is 0 Å². The summed E-state index contributed by atoms with van der Waals surface area (Å²) in [6.45, 7) is 3.42. The average molecular weight is 288 g/mol. The molecule has 0 unspecified atom stereocenters. The van der Waals surface area contributed by atoms with Crippen molar-refractivity contribution in [3.05, 3.63) is 38.3 Å². The fraction of sp³-hybridized carbons (Fsp3) is 0.300. The fourth-order valence-corrected chi connectivity index (χ4v) is 1.47. The summed E-state index contributed by atoms with van der Waals surface area (Å²) in [4.78, 5) is 21.6. The van der Waals surface area contributed by atoms with Crippen molar-refractivity contribution in [3.8, 4) is 0 Å². The summed E-state index contributed by atoms with van der Waals surface area (Å²) in [7, 11) is 0. The van der Waals surface area contributed by atoms with Crippen molar-refractivity contribution in [1.29, 1.82) is 0 Å². The van der Waals surface area contributed by atoms with Gasteiger partial charge in [-0.05, 0) is 35.8 Å². The number of nitrogens with zero attached hydrogens (tertiary/aromatic N) is 1. The minimum atomic E-state index is -0.578. The molecule has 0 amide bonds. The molecule has 0 fully saturated rings. The number of ether oxygens (including phenoxy) is 1. The zero-order valence-electron chi connectivity index (χ0n) is 8.77. The van der Waals surface area contributed by atoms with Crippen molar-refractivity contribution in [1.82, 2.24) is 0 Å². The molecule has 0 aliphatic carbocycles. The molecule has 0 aliphatic rings. The van der Waals surface area contributed by atoms with Crippen LogP contribution in [0.1, 0.15) is 24.2 Å². The lowest BCUT2D eigenvalue weighted by molar-refractivity contribution is -0.384. The van der Waals surface area contributed by atoms with E-state index < -0.39 is 10.9 Å². The van der Waals surface area contributed by atoms with E-state index in [-0.39, 0.29) is 17.4 Å². The van der Waals surface area contributed by atoms with E-state index >= 15 is 0 Å². The van der Waals surface area contributed by atoms with Crippen LogP contribution in [-0.4, -0.2) is 17.0 Å². The van der Waals surface area contributed by atoms with Crippen LogP contribution in [0.25, 0.3) is 0 Å². The van der Waals surface area contributed by atoms with Crippen molar-refractivity contribution in [3.63, 3.8) is 0 Å². The molecule has 0 saturated heterocycles. The first-order valence-electron chi connectivity index (χ1n) is 4.56. The van der Waals surface area contributed by atoms with E-state index in [1.165, 1.54) is 18.2 Å². The van der Waals surface area contributed by atoms with Gasteiger partial charge in [0.1, 0.15) is 0 Å². The Hall–Kier alpha value is -1.43. The van der Waals surface area contributed by atoms with E-state index in [1.807, 2.05) is 0 Å². The Kier molecular flexibility index (Phi) is 4.00. The summed E-state index contributed by atoms with van der Waals surface area (Å²) < 4.78 is 5.44. The normalized spacial score (nSPS) is 10.2. The van der Waals surface area contributed by atoms with Crippen molar-refractivity contribution < 1.29 is 14.5 Å². The fourth-order valence-electron chi connectivity index (χ4n) is 1.06. The average Bonchev–Trinajstić information content (AvgIpc) is 2.16. The number of esters is 1. The van der Waals surface area contributed by atoms with Gasteiger partial charge in [-0.2, -0.15) is 0 Å². The molecular weight excluding hydrogens is 278 g/mol. The Balaban J connectivity index is 3.07. The van der Waals surface area contributed by atoms with Gasteiger partial charge in [-0.15, -0.1) is 0 Å². The topological polar surface area (TPSA) is 69.4 Å². The molecule has 16 heavy (non-hydrogen) atoms. The number of nitro benzene ring substituents is 1. The van der Waals surface area contributed by atoms with Crippen LogP contribution < -0.4 is 0 Å². The van der Waals surface area contributed by atoms with Gasteiger partial charge in [0.2, 0.25) is 0 Å². The second-order valence-electron chi connectivity index (χ2n) is 3.38. The lowest BCUT2D eigenvalue weighted by atomic mass is 10.2. The van der Waals surface area contributed by atoms with Gasteiger partial charge >= 0.3 is 5.97 Å². The van der Waals surface area contributed by atoms with Crippen LogP contribution in [0.2, 0.25) is 0 Å². The quantitative estimate of drug-likeness (QED) is 0.487. The number of hydrogen-bond donors (Lipinski definition) is 0. The molecule has 0 aromatic heterocycles. The molecular formula is C10H10BrNO4. The summed E-state index contributed by atoms with van der Waals surface area (Å²) in [6, 6.07) is 3.96. The van der Waals surface area contributed by atoms with Crippen molar-refractivity contribution >= 4 is 27.6 Å². The number of carbonyl (C=O) groups is 1. The summed E-state index contributed by atoms with van der Waals surface area (Å²) in [5.74, 6) is -0.578. The number of non-ortho nitro benzene ring substituents is 1. The molecule has 0 N–H and O–H groups in total. The maximum atomic E-state index is 11.6. The Bertz CT molecular complexity index is 431. The summed E-state index contributed by atoms with van der Waals surface area (Å²) in [5.41, 5.74) is 0.0156. The van der Waals surface area contributed by atoms with E-state index in [9.17, 15) is 14.9 Å². The molecule has 86 valence electrons. The van der Waals surface area contributed by atoms with Gasteiger partial charge in [0.05, 0.1) is 16.6 Å². The third-order valence-electron chi connectivity index (χ3n) is 1.72. The number of carbonyl (C=O) groups excluding carboxylic acids is 1. The highest BCUT2D eigenvalue weighted by atomic mass is 79.9. The maximum absolute atomic E-state index is 11.6. The minimum absolute atomic E-state index is 0.140. The smallest absolute Gasteiger partial charge is 0.339 e. The van der Waals surface area contributed by atoms with Gasteiger partial charge in [0.15, 0.2) is 0 Å². The molecule has 6 heteroatoms. The van der Waals surface area contributed by atoms with Gasteiger partial charge in [-0.3, -0.25) is 10.1 Å². The second-order valence-corrected chi connectivity index (χ2v) is 4.23. The Morgan fingerprint density at radius 1 is 1.50 bits per heavy atom. The standard InChI is InChI=1S/C10H10BrNO4/c1-6(2)16-10(13)8-5-7(12(14)15)3-4-9(8)11/h3-6H,1-2H3. The van der Waals surface area contributed by atoms with Gasteiger partial charge < -0.3 is 4.74 Å². The first kappa shape index (κ1) is 12.6. The molecule has 1 aromatic rings. The zero-order chi connectivity index (χ0) is 12.3. The van der Waals surface area contributed by atoms with Crippen LogP contribution in [0.3, 0.4) is 0 Å².